The molecular formula is C8H14ClNO3. The molecule has 13 heavy (non-hydrogen) atoms. The number of carbonyl (C=O) groups excluding carboxylic acids is 1. The van der Waals surface area contributed by atoms with Crippen molar-refractivity contribution in [2.45, 2.75) is 19.3 Å². The SMILES string of the molecule is Cl.O=C(O)CCN1CCC(=O)CC1. The molecule has 0 unspecified atom stereocenters. The van der Waals surface area contributed by atoms with Gasteiger partial charge in [0.2, 0.25) is 0 Å². The van der Waals surface area contributed by atoms with E-state index in [-0.39, 0.29) is 18.8 Å². The maximum absolute atomic E-state index is 10.8. The molecule has 1 aliphatic heterocycles. The van der Waals surface area contributed by atoms with Gasteiger partial charge in [-0.05, 0) is 0 Å². The van der Waals surface area contributed by atoms with Crippen LogP contribution in [0.5, 0.6) is 0 Å². The van der Waals surface area contributed by atoms with Gasteiger partial charge in [0.05, 0.1) is 6.42 Å². The highest BCUT2D eigenvalue weighted by Crippen LogP contribution is 2.05. The number of nitrogens with zero attached hydrogens (tertiary/aromatic N) is 1. The van der Waals surface area contributed by atoms with Gasteiger partial charge in [-0.1, -0.05) is 0 Å². The minimum absolute atomic E-state index is 0. The van der Waals surface area contributed by atoms with Gasteiger partial charge in [-0.3, -0.25) is 9.59 Å². The molecule has 1 saturated heterocycles. The summed E-state index contributed by atoms with van der Waals surface area (Å²) in [5.41, 5.74) is 0. The third-order valence-corrected chi connectivity index (χ3v) is 2.06. The largest absolute Gasteiger partial charge is 0.481 e. The van der Waals surface area contributed by atoms with Crippen LogP contribution in [-0.2, 0) is 9.59 Å². The minimum atomic E-state index is -0.771. The summed E-state index contributed by atoms with van der Waals surface area (Å²) in [4.78, 5) is 23.0. The fourth-order valence-corrected chi connectivity index (χ4v) is 1.28. The van der Waals surface area contributed by atoms with E-state index < -0.39 is 5.97 Å². The lowest BCUT2D eigenvalue weighted by Gasteiger charge is -2.24. The molecule has 0 amide bonds. The van der Waals surface area contributed by atoms with Gasteiger partial charge >= 0.3 is 5.97 Å². The third-order valence-electron chi connectivity index (χ3n) is 2.06. The molecule has 1 rings (SSSR count). The van der Waals surface area contributed by atoms with Gasteiger partial charge in [-0.15, -0.1) is 12.4 Å². The lowest BCUT2D eigenvalue weighted by molar-refractivity contribution is -0.137. The molecule has 0 aromatic rings. The van der Waals surface area contributed by atoms with Crippen LogP contribution in [0.1, 0.15) is 19.3 Å². The normalized spacial score (nSPS) is 18.0. The van der Waals surface area contributed by atoms with E-state index in [2.05, 4.69) is 0 Å². The summed E-state index contributed by atoms with van der Waals surface area (Å²) in [6, 6.07) is 0. The standard InChI is InChI=1S/C8H13NO3.ClH/c10-7-1-4-9(5-2-7)6-3-8(11)12;/h1-6H2,(H,11,12);1H. The van der Waals surface area contributed by atoms with E-state index in [4.69, 9.17) is 5.11 Å². The third kappa shape index (κ3) is 4.85. The molecule has 1 heterocycles. The van der Waals surface area contributed by atoms with Crippen LogP contribution in [0.15, 0.2) is 0 Å². The van der Waals surface area contributed by atoms with Crippen LogP contribution >= 0.6 is 12.4 Å². The van der Waals surface area contributed by atoms with Crippen LogP contribution < -0.4 is 0 Å². The van der Waals surface area contributed by atoms with Gasteiger partial charge in [0, 0.05) is 32.5 Å². The van der Waals surface area contributed by atoms with E-state index >= 15 is 0 Å². The van der Waals surface area contributed by atoms with Crippen LogP contribution in [-0.4, -0.2) is 41.4 Å². The molecule has 1 N–H and O–H groups in total. The number of likely N-dealkylation sites (tertiary alicyclic amines) is 1. The molecule has 0 radical (unpaired) electrons. The number of piperidine rings is 1. The molecule has 0 spiro atoms. The molecule has 0 aromatic heterocycles. The fraction of sp³-hybridized carbons (Fsp3) is 0.750. The Balaban J connectivity index is 0.00000144. The van der Waals surface area contributed by atoms with Crippen molar-refractivity contribution in [2.24, 2.45) is 0 Å². The van der Waals surface area contributed by atoms with Gasteiger partial charge in [0.15, 0.2) is 0 Å². The Hall–Kier alpha value is -0.610. The highest BCUT2D eigenvalue weighted by atomic mass is 35.5. The lowest BCUT2D eigenvalue weighted by Crippen LogP contribution is -2.35. The van der Waals surface area contributed by atoms with Crippen LogP contribution in [0, 0.1) is 0 Å². The highest BCUT2D eigenvalue weighted by Gasteiger charge is 2.15. The second kappa shape index (κ2) is 5.94. The summed E-state index contributed by atoms with van der Waals surface area (Å²) in [6.45, 7) is 2.03. The van der Waals surface area contributed by atoms with Crippen molar-refractivity contribution in [1.82, 2.24) is 4.90 Å². The van der Waals surface area contributed by atoms with Crippen LogP contribution in [0.2, 0.25) is 0 Å². The molecule has 0 bridgehead atoms. The molecule has 0 atom stereocenters. The van der Waals surface area contributed by atoms with Gasteiger partial charge < -0.3 is 10.0 Å². The number of aliphatic carboxylic acids is 1. The van der Waals surface area contributed by atoms with E-state index in [1.54, 1.807) is 0 Å². The molecule has 4 nitrogen and oxygen atoms in total. The van der Waals surface area contributed by atoms with Crippen molar-refractivity contribution in [2.75, 3.05) is 19.6 Å². The maximum atomic E-state index is 10.8. The summed E-state index contributed by atoms with van der Waals surface area (Å²) >= 11 is 0. The van der Waals surface area contributed by atoms with E-state index in [0.29, 0.717) is 25.2 Å². The Kier molecular flexibility index (Phi) is 5.66. The summed E-state index contributed by atoms with van der Waals surface area (Å²) in [5.74, 6) is -0.478. The second-order valence-electron chi connectivity index (χ2n) is 3.02. The Bertz CT molecular complexity index is 186. The number of halogens is 1. The summed E-state index contributed by atoms with van der Waals surface area (Å²) in [6.07, 6.45) is 1.34. The van der Waals surface area contributed by atoms with E-state index in [1.165, 1.54) is 0 Å². The monoisotopic (exact) mass is 207 g/mol. The average Bonchev–Trinajstić information content (AvgIpc) is 2.03. The summed E-state index contributed by atoms with van der Waals surface area (Å²) in [5, 5.41) is 8.40. The predicted molar refractivity (Wildman–Crippen MR) is 50.2 cm³/mol. The van der Waals surface area contributed by atoms with Crippen LogP contribution in [0.4, 0.5) is 0 Å². The zero-order valence-electron chi connectivity index (χ0n) is 7.36. The lowest BCUT2D eigenvalue weighted by atomic mass is 10.1. The van der Waals surface area contributed by atoms with E-state index in [1.807, 2.05) is 4.90 Å². The first-order valence-corrected chi connectivity index (χ1v) is 4.14. The quantitative estimate of drug-likeness (QED) is 0.734. The Morgan fingerprint density at radius 3 is 2.38 bits per heavy atom. The van der Waals surface area contributed by atoms with Gasteiger partial charge in [0.25, 0.3) is 0 Å². The number of carboxylic acid groups (broad SMARTS) is 1. The Labute approximate surface area is 83.3 Å². The molecule has 76 valence electrons. The highest BCUT2D eigenvalue weighted by molar-refractivity contribution is 5.85. The fourth-order valence-electron chi connectivity index (χ4n) is 1.28. The zero-order valence-corrected chi connectivity index (χ0v) is 8.18. The number of hydrogen-bond acceptors (Lipinski definition) is 3. The number of hydrogen-bond donors (Lipinski definition) is 1. The summed E-state index contributed by atoms with van der Waals surface area (Å²) < 4.78 is 0. The van der Waals surface area contributed by atoms with Gasteiger partial charge in [-0.25, -0.2) is 0 Å². The average molecular weight is 208 g/mol. The van der Waals surface area contributed by atoms with Crippen molar-refractivity contribution < 1.29 is 14.7 Å². The topological polar surface area (TPSA) is 57.6 Å². The maximum Gasteiger partial charge on any atom is 0.304 e. The predicted octanol–water partition coefficient (Wildman–Crippen LogP) is 0.548. The number of ketones is 1. The van der Waals surface area contributed by atoms with E-state index in [0.717, 1.165) is 13.1 Å². The first-order valence-electron chi connectivity index (χ1n) is 4.14. The first-order chi connectivity index (χ1) is 5.68. The summed E-state index contributed by atoms with van der Waals surface area (Å²) in [7, 11) is 0. The van der Waals surface area contributed by atoms with Crippen LogP contribution in [0.3, 0.4) is 0 Å². The second-order valence-corrected chi connectivity index (χ2v) is 3.02. The first kappa shape index (κ1) is 12.4. The smallest absolute Gasteiger partial charge is 0.304 e. The molecule has 0 aromatic carbocycles. The minimum Gasteiger partial charge on any atom is -0.481 e. The van der Waals surface area contributed by atoms with E-state index in [9.17, 15) is 9.59 Å². The molecular weight excluding hydrogens is 194 g/mol. The van der Waals surface area contributed by atoms with Gasteiger partial charge in [0.1, 0.15) is 5.78 Å². The molecule has 0 aliphatic carbocycles. The molecule has 1 aliphatic rings. The zero-order chi connectivity index (χ0) is 8.97. The van der Waals surface area contributed by atoms with Crippen molar-refractivity contribution in [3.63, 3.8) is 0 Å². The number of carboxylic acids is 1. The molecule has 5 heteroatoms. The Morgan fingerprint density at radius 2 is 1.92 bits per heavy atom. The van der Waals surface area contributed by atoms with Crippen molar-refractivity contribution in [3.8, 4) is 0 Å². The van der Waals surface area contributed by atoms with Crippen molar-refractivity contribution in [1.29, 1.82) is 0 Å². The number of rotatable bonds is 3. The Morgan fingerprint density at radius 1 is 1.38 bits per heavy atom. The number of Topliss-reactive ketones (excluding diaryl/α,β-unsaturated/α-hetero) is 1. The van der Waals surface area contributed by atoms with Gasteiger partial charge in [-0.2, -0.15) is 0 Å². The van der Waals surface area contributed by atoms with Crippen LogP contribution in [0.25, 0.3) is 0 Å². The molecule has 0 saturated carbocycles. The number of carbonyl (C=O) groups is 2. The molecule has 1 fully saturated rings. The van der Waals surface area contributed by atoms with Crippen molar-refractivity contribution in [3.05, 3.63) is 0 Å². The van der Waals surface area contributed by atoms with Crippen molar-refractivity contribution >= 4 is 24.2 Å².